The average Bonchev–Trinajstić information content (AvgIpc) is 3.41. The molecule has 7 heteroatoms. The first-order valence-electron chi connectivity index (χ1n) is 10.1. The summed E-state index contributed by atoms with van der Waals surface area (Å²) >= 11 is 0. The van der Waals surface area contributed by atoms with E-state index in [0.29, 0.717) is 6.54 Å². The van der Waals surface area contributed by atoms with Crippen LogP contribution in [0, 0.1) is 0 Å². The van der Waals surface area contributed by atoms with E-state index in [4.69, 9.17) is 0 Å². The van der Waals surface area contributed by atoms with Gasteiger partial charge in [0.1, 0.15) is 6.33 Å². The van der Waals surface area contributed by atoms with Crippen molar-refractivity contribution in [2.45, 2.75) is 24.5 Å². The van der Waals surface area contributed by atoms with Crippen LogP contribution in [0.25, 0.3) is 0 Å². The maximum absolute atomic E-state index is 12.6. The first-order chi connectivity index (χ1) is 14.7. The number of carbonyl (C=O) groups is 1. The molecule has 3 heterocycles. The Labute approximate surface area is 175 Å². The van der Waals surface area contributed by atoms with Crippen LogP contribution >= 0.6 is 0 Å². The molecule has 0 radical (unpaired) electrons. The zero-order valence-electron chi connectivity index (χ0n) is 16.5. The first kappa shape index (κ1) is 18.9. The lowest BCUT2D eigenvalue weighted by atomic mass is 9.96. The van der Waals surface area contributed by atoms with Crippen molar-refractivity contribution in [3.63, 3.8) is 0 Å². The molecule has 1 N–H and O–H groups in total. The summed E-state index contributed by atoms with van der Waals surface area (Å²) in [7, 11) is 0. The van der Waals surface area contributed by atoms with Gasteiger partial charge in [-0.2, -0.15) is 5.01 Å². The lowest BCUT2D eigenvalue weighted by Crippen LogP contribution is -2.55. The van der Waals surface area contributed by atoms with Gasteiger partial charge < -0.3 is 0 Å². The molecule has 5 rings (SSSR count). The smallest absolute Gasteiger partial charge is 0.286 e. The maximum Gasteiger partial charge on any atom is 0.295 e. The van der Waals surface area contributed by atoms with Crippen LogP contribution in [0.2, 0.25) is 0 Å². The van der Waals surface area contributed by atoms with Gasteiger partial charge in [-0.05, 0) is 17.5 Å². The van der Waals surface area contributed by atoms with E-state index in [2.05, 4.69) is 63.4 Å². The molecule has 0 saturated carbocycles. The van der Waals surface area contributed by atoms with E-state index < -0.39 is 5.91 Å². The Balaban J connectivity index is 1.37. The Bertz CT molecular complexity index is 962. The third-order valence-electron chi connectivity index (χ3n) is 6.05. The minimum atomic E-state index is -0.502. The molecule has 1 aromatic heterocycles. The van der Waals surface area contributed by atoms with Crippen LogP contribution in [0.3, 0.4) is 0 Å². The van der Waals surface area contributed by atoms with E-state index in [1.165, 1.54) is 29.8 Å². The third kappa shape index (κ3) is 3.37. The van der Waals surface area contributed by atoms with Crippen molar-refractivity contribution in [1.82, 2.24) is 25.0 Å². The van der Waals surface area contributed by atoms with Gasteiger partial charge >= 0.3 is 0 Å². The minimum absolute atomic E-state index is 0.0727. The van der Waals surface area contributed by atoms with Crippen molar-refractivity contribution in [2.24, 2.45) is 0 Å². The number of rotatable bonds is 5. The Kier molecular flexibility index (Phi) is 5.00. The van der Waals surface area contributed by atoms with Gasteiger partial charge in [0, 0.05) is 37.6 Å². The van der Waals surface area contributed by atoms with Crippen molar-refractivity contribution in [3.05, 3.63) is 96.1 Å². The van der Waals surface area contributed by atoms with Crippen LogP contribution in [-0.4, -0.2) is 61.3 Å². The van der Waals surface area contributed by atoms with Crippen molar-refractivity contribution in [2.75, 3.05) is 13.1 Å². The van der Waals surface area contributed by atoms with Crippen LogP contribution in [0.5, 0.6) is 0 Å². The zero-order chi connectivity index (χ0) is 20.5. The monoisotopic (exact) mass is 401 g/mol. The molecule has 0 aliphatic carbocycles. The molecule has 0 spiro atoms. The zero-order valence-corrected chi connectivity index (χ0v) is 16.5. The molecule has 2 aliphatic rings. The van der Waals surface area contributed by atoms with Crippen molar-refractivity contribution in [3.8, 4) is 0 Å². The first-order valence-corrected chi connectivity index (χ1v) is 10.1. The standard InChI is InChI=1S/C23H23N5O2/c29-23(19-12-24-16-25-13-19)28(30)27-15-20-11-21(27)14-26(20)22(17-7-3-1-4-8-17)18-9-5-2-6-10-18/h1-10,12-13,16,20-22,30H,11,14-15H2/t20-,21-/m0/s1. The topological polar surface area (TPSA) is 72.8 Å². The minimum Gasteiger partial charge on any atom is -0.286 e. The highest BCUT2D eigenvalue weighted by atomic mass is 16.6. The van der Waals surface area contributed by atoms with Gasteiger partial charge in [-0.25, -0.2) is 9.97 Å². The second kappa shape index (κ2) is 7.95. The molecule has 0 unspecified atom stereocenters. The molecule has 2 aliphatic heterocycles. The summed E-state index contributed by atoms with van der Waals surface area (Å²) in [6.45, 7) is 1.37. The van der Waals surface area contributed by atoms with Gasteiger partial charge in [0.2, 0.25) is 0 Å². The van der Waals surface area contributed by atoms with Crippen LogP contribution in [0.4, 0.5) is 0 Å². The van der Waals surface area contributed by atoms with Crippen LogP contribution in [-0.2, 0) is 0 Å². The number of amides is 1. The summed E-state index contributed by atoms with van der Waals surface area (Å²) in [5.74, 6) is -0.502. The number of hydrogen-bond donors (Lipinski definition) is 1. The van der Waals surface area contributed by atoms with Gasteiger partial charge in [-0.15, -0.1) is 5.17 Å². The van der Waals surface area contributed by atoms with Crippen molar-refractivity contribution in [1.29, 1.82) is 0 Å². The number of hydroxylamine groups is 1. The molecule has 2 atom stereocenters. The molecule has 1 amide bonds. The van der Waals surface area contributed by atoms with Crippen LogP contribution < -0.4 is 0 Å². The third-order valence-corrected chi connectivity index (χ3v) is 6.05. The van der Waals surface area contributed by atoms with E-state index >= 15 is 0 Å². The Morgan fingerprint density at radius 3 is 2.07 bits per heavy atom. The molecule has 3 aromatic rings. The molecule has 30 heavy (non-hydrogen) atoms. The molecule has 2 fully saturated rings. The van der Waals surface area contributed by atoms with E-state index in [9.17, 15) is 10.0 Å². The van der Waals surface area contributed by atoms with Gasteiger partial charge in [0.05, 0.1) is 11.6 Å². The molecular formula is C23H23N5O2. The van der Waals surface area contributed by atoms with E-state index in [-0.39, 0.29) is 23.7 Å². The van der Waals surface area contributed by atoms with E-state index in [0.717, 1.165) is 18.1 Å². The van der Waals surface area contributed by atoms with Crippen molar-refractivity contribution < 1.29 is 10.0 Å². The fourth-order valence-electron chi connectivity index (χ4n) is 4.71. The molecule has 2 bridgehead atoms. The van der Waals surface area contributed by atoms with Crippen molar-refractivity contribution >= 4 is 5.91 Å². The largest absolute Gasteiger partial charge is 0.295 e. The predicted octanol–water partition coefficient (Wildman–Crippen LogP) is 2.77. The number of aromatic nitrogens is 2. The summed E-state index contributed by atoms with van der Waals surface area (Å²) in [6, 6.07) is 21.5. The predicted molar refractivity (Wildman–Crippen MR) is 110 cm³/mol. The van der Waals surface area contributed by atoms with E-state index in [1.807, 2.05) is 12.1 Å². The highest BCUT2D eigenvalue weighted by Gasteiger charge is 2.49. The van der Waals surface area contributed by atoms with Gasteiger partial charge in [0.15, 0.2) is 0 Å². The number of nitrogens with zero attached hydrogens (tertiary/aromatic N) is 5. The number of carbonyl (C=O) groups excluding carboxylic acids is 1. The highest BCUT2D eigenvalue weighted by molar-refractivity contribution is 5.92. The number of piperazine rings is 1. The summed E-state index contributed by atoms with van der Waals surface area (Å²) in [4.78, 5) is 22.8. The average molecular weight is 401 g/mol. The fourth-order valence-corrected chi connectivity index (χ4v) is 4.71. The Morgan fingerprint density at radius 2 is 1.53 bits per heavy atom. The quantitative estimate of drug-likeness (QED) is 0.524. The van der Waals surface area contributed by atoms with Gasteiger partial charge in [-0.3, -0.25) is 14.9 Å². The van der Waals surface area contributed by atoms with Gasteiger partial charge in [-0.1, -0.05) is 60.7 Å². The van der Waals surface area contributed by atoms with Crippen LogP contribution in [0.1, 0.15) is 33.9 Å². The number of likely N-dealkylation sites (tertiary alicyclic amines) is 1. The second-order valence-corrected chi connectivity index (χ2v) is 7.81. The van der Waals surface area contributed by atoms with Gasteiger partial charge in [0.25, 0.3) is 5.91 Å². The SMILES string of the molecule is O=C(c1cncnc1)N(O)N1C[C@@H]2C[C@H]1CN2C(c1ccccc1)c1ccccc1. The Hall–Kier alpha value is -3.13. The number of benzene rings is 2. The molecule has 7 nitrogen and oxygen atoms in total. The van der Waals surface area contributed by atoms with Crippen LogP contribution in [0.15, 0.2) is 79.4 Å². The summed E-state index contributed by atoms with van der Waals surface area (Å²) < 4.78 is 0. The summed E-state index contributed by atoms with van der Waals surface area (Å²) in [6.07, 6.45) is 5.10. The molecule has 152 valence electrons. The Morgan fingerprint density at radius 1 is 0.933 bits per heavy atom. The number of hydrazine groups is 1. The maximum atomic E-state index is 12.6. The molecule has 2 saturated heterocycles. The van der Waals surface area contributed by atoms with E-state index in [1.54, 1.807) is 5.01 Å². The number of hydrogen-bond acceptors (Lipinski definition) is 6. The fraction of sp³-hybridized carbons (Fsp3) is 0.261. The molecular weight excluding hydrogens is 378 g/mol. The molecule has 2 aromatic carbocycles. The lowest BCUT2D eigenvalue weighted by Gasteiger charge is -2.41. The summed E-state index contributed by atoms with van der Waals surface area (Å²) in [5.41, 5.74) is 2.77. The lowest BCUT2D eigenvalue weighted by molar-refractivity contribution is -0.218. The second-order valence-electron chi connectivity index (χ2n) is 7.81. The summed E-state index contributed by atoms with van der Waals surface area (Å²) in [5, 5.41) is 13.1. The number of fused-ring (bicyclic) bond motifs is 2. The normalized spacial score (nSPS) is 21.3. The highest BCUT2D eigenvalue weighted by Crippen LogP contribution is 2.40.